The van der Waals surface area contributed by atoms with Crippen LogP contribution in [0.15, 0.2) is 65.6 Å². The molecule has 0 radical (unpaired) electrons. The first-order valence-electron chi connectivity index (χ1n) is 12.0. The minimum Gasteiger partial charge on any atom is -0.443 e. The van der Waals surface area contributed by atoms with Crippen LogP contribution in [-0.4, -0.2) is 31.0 Å². The van der Waals surface area contributed by atoms with Gasteiger partial charge in [0.2, 0.25) is 0 Å². The van der Waals surface area contributed by atoms with Crippen LogP contribution in [0.5, 0.6) is 0 Å². The minimum atomic E-state index is -4.08. The molecule has 2 atom stereocenters. The third-order valence-electron chi connectivity index (χ3n) is 6.05. The summed E-state index contributed by atoms with van der Waals surface area (Å²) in [6, 6.07) is 15.7. The van der Waals surface area contributed by atoms with Gasteiger partial charge in [0.25, 0.3) is 10.0 Å². The normalized spacial score (nSPS) is 19.1. The van der Waals surface area contributed by atoms with Crippen molar-refractivity contribution in [2.45, 2.75) is 82.8 Å². The Bertz CT molecular complexity index is 1050. The average Bonchev–Trinajstić information content (AvgIpc) is 3.14. The molecule has 0 spiro atoms. The van der Waals surface area contributed by atoms with E-state index in [-0.39, 0.29) is 4.90 Å². The van der Waals surface area contributed by atoms with E-state index in [1.54, 1.807) is 24.3 Å². The van der Waals surface area contributed by atoms with E-state index in [0.29, 0.717) is 6.42 Å². The lowest BCUT2D eigenvalue weighted by molar-refractivity contribution is 0.128. The number of unbranched alkanes of at least 4 members (excludes halogenated alkanes) is 4. The van der Waals surface area contributed by atoms with Gasteiger partial charge >= 0.3 is 6.09 Å². The Morgan fingerprint density at radius 3 is 2.27 bits per heavy atom. The highest BCUT2D eigenvalue weighted by molar-refractivity contribution is 7.89. The maximum Gasteiger partial charge on any atom is 0.424 e. The van der Waals surface area contributed by atoms with Crippen LogP contribution < -0.4 is 0 Å². The summed E-state index contributed by atoms with van der Waals surface area (Å²) in [6.45, 7) is 6.14. The molecule has 33 heavy (non-hydrogen) atoms. The van der Waals surface area contributed by atoms with Gasteiger partial charge in [-0.2, -0.15) is 4.31 Å². The van der Waals surface area contributed by atoms with E-state index in [1.807, 2.05) is 37.3 Å². The molecule has 0 saturated carbocycles. The molecule has 1 amide bonds. The van der Waals surface area contributed by atoms with Gasteiger partial charge in [-0.3, -0.25) is 0 Å². The highest BCUT2D eigenvalue weighted by Crippen LogP contribution is 2.38. The fraction of sp³-hybridized carbons (Fsp3) is 0.444. The van der Waals surface area contributed by atoms with Crippen molar-refractivity contribution in [3.63, 3.8) is 0 Å². The zero-order valence-corrected chi connectivity index (χ0v) is 20.7. The smallest absolute Gasteiger partial charge is 0.424 e. The first-order valence-corrected chi connectivity index (χ1v) is 13.4. The van der Waals surface area contributed by atoms with Crippen LogP contribution in [-0.2, 0) is 14.8 Å². The van der Waals surface area contributed by atoms with Gasteiger partial charge in [-0.25, -0.2) is 13.2 Å². The van der Waals surface area contributed by atoms with Crippen LogP contribution in [0.2, 0.25) is 0 Å². The monoisotopic (exact) mass is 469 g/mol. The standard InChI is InChI=1S/C27H35NO4S/c1-4-6-9-15-24(22-13-11-8-12-14-22)26-25(16-10-7-5-2)32-27(29)28(26)33(30,31)23-19-17-21(3)18-20-23/h8,11-15,17-20,25-26H,4-7,9-10,16H2,1-3H3/b24-15+/t25-,26?/m0/s1. The van der Waals surface area contributed by atoms with Crippen LogP contribution in [0.1, 0.15) is 69.9 Å². The molecule has 1 saturated heterocycles. The number of amides is 1. The van der Waals surface area contributed by atoms with Crippen molar-refractivity contribution >= 4 is 21.7 Å². The van der Waals surface area contributed by atoms with Gasteiger partial charge in [0.05, 0.1) is 4.90 Å². The number of carbonyl (C=O) groups is 1. The molecular weight excluding hydrogens is 434 g/mol. The Hall–Kier alpha value is -2.60. The highest BCUT2D eigenvalue weighted by atomic mass is 32.2. The Balaban J connectivity index is 2.10. The number of nitrogens with zero attached hydrogens (tertiary/aromatic N) is 1. The lowest BCUT2D eigenvalue weighted by Gasteiger charge is -2.27. The van der Waals surface area contributed by atoms with Crippen molar-refractivity contribution < 1.29 is 17.9 Å². The van der Waals surface area contributed by atoms with E-state index < -0.39 is 28.3 Å². The molecule has 178 valence electrons. The van der Waals surface area contributed by atoms with Crippen molar-refractivity contribution in [3.05, 3.63) is 71.8 Å². The van der Waals surface area contributed by atoms with Crippen LogP contribution >= 0.6 is 0 Å². The molecule has 6 heteroatoms. The van der Waals surface area contributed by atoms with Gasteiger partial charge < -0.3 is 4.74 Å². The zero-order valence-electron chi connectivity index (χ0n) is 19.9. The van der Waals surface area contributed by atoms with Crippen LogP contribution in [0, 0.1) is 6.92 Å². The SMILES string of the molecule is CCCC/C=C(\c1ccccc1)C1[C@H](CCCCC)OC(=O)N1S(=O)(=O)c1ccc(C)cc1. The summed E-state index contributed by atoms with van der Waals surface area (Å²) in [6.07, 6.45) is 7.16. The summed E-state index contributed by atoms with van der Waals surface area (Å²) in [5.74, 6) is 0. The number of hydrogen-bond acceptors (Lipinski definition) is 4. The van der Waals surface area contributed by atoms with Gasteiger partial charge in [0.15, 0.2) is 0 Å². The summed E-state index contributed by atoms with van der Waals surface area (Å²) in [5, 5.41) is 0. The molecule has 0 aromatic heterocycles. The summed E-state index contributed by atoms with van der Waals surface area (Å²) >= 11 is 0. The maximum atomic E-state index is 13.7. The highest BCUT2D eigenvalue weighted by Gasteiger charge is 2.50. The van der Waals surface area contributed by atoms with Gasteiger partial charge in [0, 0.05) is 0 Å². The fourth-order valence-corrected chi connectivity index (χ4v) is 5.72. The second-order valence-electron chi connectivity index (χ2n) is 8.64. The quantitative estimate of drug-likeness (QED) is 0.342. The van der Waals surface area contributed by atoms with E-state index >= 15 is 0 Å². The summed E-state index contributed by atoms with van der Waals surface area (Å²) in [4.78, 5) is 13.2. The molecule has 0 bridgehead atoms. The van der Waals surface area contributed by atoms with E-state index in [0.717, 1.165) is 59.5 Å². The topological polar surface area (TPSA) is 63.7 Å². The molecule has 1 aliphatic rings. The molecule has 1 heterocycles. The van der Waals surface area contributed by atoms with E-state index in [2.05, 4.69) is 19.9 Å². The second-order valence-corrected chi connectivity index (χ2v) is 10.5. The summed E-state index contributed by atoms with van der Waals surface area (Å²) in [5.41, 5.74) is 2.71. The molecule has 1 unspecified atom stereocenters. The predicted molar refractivity (Wildman–Crippen MR) is 132 cm³/mol. The zero-order chi connectivity index (χ0) is 23.8. The van der Waals surface area contributed by atoms with Gasteiger partial charge in [-0.1, -0.05) is 93.6 Å². The van der Waals surface area contributed by atoms with Crippen LogP contribution in [0.25, 0.3) is 5.57 Å². The lowest BCUT2D eigenvalue weighted by Crippen LogP contribution is -2.42. The molecule has 1 fully saturated rings. The second kappa shape index (κ2) is 11.5. The molecule has 3 rings (SSSR count). The van der Waals surface area contributed by atoms with Gasteiger partial charge in [-0.15, -0.1) is 0 Å². The molecule has 0 aliphatic carbocycles. The van der Waals surface area contributed by atoms with Gasteiger partial charge in [-0.05, 0) is 49.5 Å². The van der Waals surface area contributed by atoms with Crippen molar-refractivity contribution in [1.82, 2.24) is 4.31 Å². The summed E-state index contributed by atoms with van der Waals surface area (Å²) < 4.78 is 34.1. The van der Waals surface area contributed by atoms with Crippen molar-refractivity contribution in [1.29, 1.82) is 0 Å². The van der Waals surface area contributed by atoms with E-state index in [4.69, 9.17) is 4.74 Å². The first kappa shape index (κ1) is 25.0. The van der Waals surface area contributed by atoms with Crippen molar-refractivity contribution in [3.8, 4) is 0 Å². The number of allylic oxidation sites excluding steroid dienone is 1. The van der Waals surface area contributed by atoms with Crippen molar-refractivity contribution in [2.75, 3.05) is 0 Å². The summed E-state index contributed by atoms with van der Waals surface area (Å²) in [7, 11) is -4.08. The van der Waals surface area contributed by atoms with Crippen LogP contribution in [0.3, 0.4) is 0 Å². The number of carbonyl (C=O) groups excluding carboxylic acids is 1. The number of ether oxygens (including phenoxy) is 1. The number of cyclic esters (lactones) is 1. The Kier molecular flexibility index (Phi) is 8.73. The molecule has 1 aliphatic heterocycles. The third-order valence-corrected chi connectivity index (χ3v) is 7.82. The fourth-order valence-electron chi connectivity index (χ4n) is 4.22. The van der Waals surface area contributed by atoms with Crippen molar-refractivity contribution in [2.24, 2.45) is 0 Å². The largest absolute Gasteiger partial charge is 0.443 e. The predicted octanol–water partition coefficient (Wildman–Crippen LogP) is 6.73. The van der Waals surface area contributed by atoms with Gasteiger partial charge in [0.1, 0.15) is 12.1 Å². The molecular formula is C27H35NO4S. The minimum absolute atomic E-state index is 0.102. The first-order chi connectivity index (χ1) is 15.9. The number of hydrogen-bond donors (Lipinski definition) is 0. The number of benzene rings is 2. The van der Waals surface area contributed by atoms with E-state index in [9.17, 15) is 13.2 Å². The molecule has 5 nitrogen and oxygen atoms in total. The Labute approximate surface area is 198 Å². The number of sulfonamides is 1. The number of rotatable bonds is 11. The third kappa shape index (κ3) is 5.85. The Morgan fingerprint density at radius 1 is 0.970 bits per heavy atom. The molecule has 2 aromatic carbocycles. The lowest BCUT2D eigenvalue weighted by atomic mass is 9.91. The van der Waals surface area contributed by atoms with E-state index in [1.165, 1.54) is 0 Å². The average molecular weight is 470 g/mol. The maximum absolute atomic E-state index is 13.7. The molecule has 2 aromatic rings. The number of aryl methyl sites for hydroxylation is 1. The van der Waals surface area contributed by atoms with Crippen LogP contribution in [0.4, 0.5) is 4.79 Å². The molecule has 0 N–H and O–H groups in total. The Morgan fingerprint density at radius 2 is 1.64 bits per heavy atom.